The molecule has 0 spiro atoms. The number of carboxylic acids is 1. The van der Waals surface area contributed by atoms with Crippen LogP contribution in [-0.2, 0) is 4.79 Å². The Kier molecular flexibility index (Phi) is 3.03. The molecule has 1 fully saturated rings. The number of carbonyl (C=O) groups excluding carboxylic acids is 1. The second-order valence-corrected chi connectivity index (χ2v) is 4.01. The molecule has 0 saturated carbocycles. The topological polar surface area (TPSA) is 83.4 Å². The van der Waals surface area contributed by atoms with Crippen LogP contribution in [0.4, 0.5) is 0 Å². The van der Waals surface area contributed by atoms with Crippen molar-refractivity contribution in [1.82, 2.24) is 14.9 Å². The average molecular weight is 235 g/mol. The molecule has 2 heterocycles. The van der Waals surface area contributed by atoms with Crippen molar-refractivity contribution in [2.75, 3.05) is 6.54 Å². The number of amides is 1. The zero-order valence-electron chi connectivity index (χ0n) is 9.46. The fourth-order valence-electron chi connectivity index (χ4n) is 1.94. The first-order chi connectivity index (χ1) is 8.09. The first kappa shape index (κ1) is 11.5. The van der Waals surface area contributed by atoms with Gasteiger partial charge in [-0.05, 0) is 19.8 Å². The molecule has 1 N–H and O–H groups in total. The number of carbonyl (C=O) groups is 2. The largest absolute Gasteiger partial charge is 0.480 e. The van der Waals surface area contributed by atoms with Gasteiger partial charge in [-0.15, -0.1) is 0 Å². The number of carboxylic acid groups (broad SMARTS) is 1. The summed E-state index contributed by atoms with van der Waals surface area (Å²) in [5.41, 5.74) is 0.337. The van der Waals surface area contributed by atoms with Crippen LogP contribution in [0.3, 0.4) is 0 Å². The van der Waals surface area contributed by atoms with Gasteiger partial charge in [0.05, 0.1) is 5.56 Å². The number of rotatable bonds is 2. The molecule has 1 aliphatic heterocycles. The minimum Gasteiger partial charge on any atom is -0.480 e. The Bertz CT molecular complexity index is 444. The molecular weight excluding hydrogens is 222 g/mol. The highest BCUT2D eigenvalue weighted by Gasteiger charge is 2.34. The molecule has 2 rings (SSSR count). The van der Waals surface area contributed by atoms with E-state index in [2.05, 4.69) is 9.97 Å². The molecule has 0 bridgehead atoms. The van der Waals surface area contributed by atoms with E-state index >= 15 is 0 Å². The van der Waals surface area contributed by atoms with E-state index in [4.69, 9.17) is 5.11 Å². The van der Waals surface area contributed by atoms with Crippen LogP contribution in [0.2, 0.25) is 0 Å². The summed E-state index contributed by atoms with van der Waals surface area (Å²) in [6.45, 7) is 2.20. The van der Waals surface area contributed by atoms with Crippen LogP contribution in [0.1, 0.15) is 29.0 Å². The Labute approximate surface area is 98.3 Å². The van der Waals surface area contributed by atoms with Gasteiger partial charge in [-0.25, -0.2) is 14.8 Å². The van der Waals surface area contributed by atoms with Gasteiger partial charge in [0.25, 0.3) is 5.91 Å². The maximum Gasteiger partial charge on any atom is 0.326 e. The second kappa shape index (κ2) is 4.48. The molecular formula is C11H13N3O3. The molecule has 0 radical (unpaired) electrons. The first-order valence-corrected chi connectivity index (χ1v) is 5.42. The standard InChI is InChI=1S/C11H13N3O3/c1-7-12-5-8(6-13-7)10(15)14-4-2-3-9(14)11(16)17/h5-6,9H,2-4H2,1H3,(H,16,17)/t9-/m0/s1. The van der Waals surface area contributed by atoms with E-state index in [1.165, 1.54) is 17.3 Å². The Morgan fingerprint density at radius 2 is 2.06 bits per heavy atom. The lowest BCUT2D eigenvalue weighted by molar-refractivity contribution is -0.141. The number of likely N-dealkylation sites (tertiary alicyclic amines) is 1. The molecule has 1 saturated heterocycles. The van der Waals surface area contributed by atoms with E-state index in [1.54, 1.807) is 6.92 Å². The van der Waals surface area contributed by atoms with Gasteiger partial charge in [-0.3, -0.25) is 4.79 Å². The minimum absolute atomic E-state index is 0.310. The predicted octanol–water partition coefficient (Wildman–Crippen LogP) is 0.474. The highest BCUT2D eigenvalue weighted by Crippen LogP contribution is 2.19. The molecule has 1 atom stereocenters. The van der Waals surface area contributed by atoms with Crippen LogP contribution in [0.15, 0.2) is 12.4 Å². The highest BCUT2D eigenvalue weighted by atomic mass is 16.4. The zero-order valence-corrected chi connectivity index (χ0v) is 9.46. The number of nitrogens with zero attached hydrogens (tertiary/aromatic N) is 3. The number of aromatic nitrogens is 2. The van der Waals surface area contributed by atoms with Gasteiger partial charge < -0.3 is 10.0 Å². The van der Waals surface area contributed by atoms with Gasteiger partial charge in [-0.2, -0.15) is 0 Å². The second-order valence-electron chi connectivity index (χ2n) is 4.01. The van der Waals surface area contributed by atoms with Crippen molar-refractivity contribution >= 4 is 11.9 Å². The third-order valence-corrected chi connectivity index (χ3v) is 2.83. The quantitative estimate of drug-likeness (QED) is 0.805. The summed E-state index contributed by atoms with van der Waals surface area (Å²) in [6, 6.07) is -0.719. The van der Waals surface area contributed by atoms with E-state index in [0.29, 0.717) is 24.4 Å². The van der Waals surface area contributed by atoms with Crippen LogP contribution in [0.5, 0.6) is 0 Å². The van der Waals surface area contributed by atoms with Crippen molar-refractivity contribution < 1.29 is 14.7 Å². The molecule has 0 aromatic carbocycles. The summed E-state index contributed by atoms with van der Waals surface area (Å²) >= 11 is 0. The van der Waals surface area contributed by atoms with E-state index in [0.717, 1.165) is 6.42 Å². The molecule has 90 valence electrons. The van der Waals surface area contributed by atoms with Crippen molar-refractivity contribution in [3.8, 4) is 0 Å². The Morgan fingerprint density at radius 1 is 1.41 bits per heavy atom. The molecule has 6 nitrogen and oxygen atoms in total. The Balaban J connectivity index is 2.19. The van der Waals surface area contributed by atoms with E-state index < -0.39 is 12.0 Å². The van der Waals surface area contributed by atoms with Crippen molar-refractivity contribution in [2.45, 2.75) is 25.8 Å². The summed E-state index contributed by atoms with van der Waals surface area (Å²) in [4.78, 5) is 32.3. The number of hydrogen-bond donors (Lipinski definition) is 1. The van der Waals surface area contributed by atoms with Crippen molar-refractivity contribution in [1.29, 1.82) is 0 Å². The van der Waals surface area contributed by atoms with Crippen molar-refractivity contribution in [3.63, 3.8) is 0 Å². The van der Waals surface area contributed by atoms with Crippen molar-refractivity contribution in [2.24, 2.45) is 0 Å². The summed E-state index contributed by atoms with van der Waals surface area (Å²) in [5.74, 6) is -0.684. The van der Waals surface area contributed by atoms with Gasteiger partial charge >= 0.3 is 5.97 Å². The highest BCUT2D eigenvalue weighted by molar-refractivity contribution is 5.96. The fourth-order valence-corrected chi connectivity index (χ4v) is 1.94. The molecule has 17 heavy (non-hydrogen) atoms. The predicted molar refractivity (Wildman–Crippen MR) is 58.5 cm³/mol. The van der Waals surface area contributed by atoms with Crippen LogP contribution < -0.4 is 0 Å². The molecule has 6 heteroatoms. The third-order valence-electron chi connectivity index (χ3n) is 2.83. The smallest absolute Gasteiger partial charge is 0.326 e. The molecule has 1 aliphatic rings. The van der Waals surface area contributed by atoms with Crippen LogP contribution >= 0.6 is 0 Å². The zero-order chi connectivity index (χ0) is 12.4. The lowest BCUT2D eigenvalue weighted by Crippen LogP contribution is -2.40. The van der Waals surface area contributed by atoms with Crippen LogP contribution in [-0.4, -0.2) is 44.4 Å². The SMILES string of the molecule is Cc1ncc(C(=O)N2CCC[C@H]2C(=O)O)cn1. The number of aliphatic carboxylic acids is 1. The lowest BCUT2D eigenvalue weighted by Gasteiger charge is -2.20. The summed E-state index contributed by atoms with van der Waals surface area (Å²) in [6.07, 6.45) is 4.09. The fraction of sp³-hybridized carbons (Fsp3) is 0.455. The maximum atomic E-state index is 12.1. The van der Waals surface area contributed by atoms with Crippen LogP contribution in [0, 0.1) is 6.92 Å². The van der Waals surface area contributed by atoms with Gasteiger partial charge in [-0.1, -0.05) is 0 Å². The monoisotopic (exact) mass is 235 g/mol. The van der Waals surface area contributed by atoms with Gasteiger partial charge in [0.2, 0.25) is 0 Å². The summed E-state index contributed by atoms with van der Waals surface area (Å²) in [7, 11) is 0. The maximum absolute atomic E-state index is 12.1. The van der Waals surface area contributed by atoms with Crippen molar-refractivity contribution in [3.05, 3.63) is 23.8 Å². The molecule has 1 aromatic heterocycles. The minimum atomic E-state index is -0.955. The van der Waals surface area contributed by atoms with Gasteiger partial charge in [0.15, 0.2) is 0 Å². The molecule has 1 aromatic rings. The molecule has 0 unspecified atom stereocenters. The van der Waals surface area contributed by atoms with E-state index in [9.17, 15) is 9.59 Å². The lowest BCUT2D eigenvalue weighted by atomic mass is 10.2. The Hall–Kier alpha value is -1.98. The van der Waals surface area contributed by atoms with Gasteiger partial charge in [0.1, 0.15) is 11.9 Å². The Morgan fingerprint density at radius 3 is 2.65 bits per heavy atom. The first-order valence-electron chi connectivity index (χ1n) is 5.42. The van der Waals surface area contributed by atoms with E-state index in [-0.39, 0.29) is 5.91 Å². The molecule has 0 aliphatic carbocycles. The van der Waals surface area contributed by atoms with Crippen LogP contribution in [0.25, 0.3) is 0 Å². The number of hydrogen-bond acceptors (Lipinski definition) is 4. The van der Waals surface area contributed by atoms with E-state index in [1.807, 2.05) is 0 Å². The average Bonchev–Trinajstić information content (AvgIpc) is 2.78. The number of aryl methyl sites for hydroxylation is 1. The molecule has 1 amide bonds. The third kappa shape index (κ3) is 2.25. The summed E-state index contributed by atoms with van der Waals surface area (Å²) < 4.78 is 0. The van der Waals surface area contributed by atoms with Gasteiger partial charge in [0, 0.05) is 18.9 Å². The summed E-state index contributed by atoms with van der Waals surface area (Å²) in [5, 5.41) is 9.00. The normalized spacial score (nSPS) is 19.4.